The molecule has 0 spiro atoms. The summed E-state index contributed by atoms with van der Waals surface area (Å²) in [5.41, 5.74) is 1.23. The molecular formula is C18H20N2O2. The quantitative estimate of drug-likeness (QED) is 0.760. The zero-order chi connectivity index (χ0) is 15.5. The van der Waals surface area contributed by atoms with Crippen molar-refractivity contribution in [1.29, 1.82) is 0 Å². The maximum absolute atomic E-state index is 10.4. The van der Waals surface area contributed by atoms with Gasteiger partial charge in [0.25, 0.3) is 0 Å². The normalized spacial score (nSPS) is 21.2. The standard InChI is InChI=1S/C18H20N2O2/c1-2-13-8-6-7-11-15(13)19-16-12-17(21)20(18(16)22)14-9-4-3-5-10-14/h1,3-5,9-10,12-13,15,19,21-22H,6-8,11H2. The van der Waals surface area contributed by atoms with E-state index < -0.39 is 0 Å². The summed E-state index contributed by atoms with van der Waals surface area (Å²) >= 11 is 0. The number of anilines is 1. The van der Waals surface area contributed by atoms with E-state index in [1.807, 2.05) is 30.3 Å². The van der Waals surface area contributed by atoms with Gasteiger partial charge in [-0.15, -0.1) is 12.3 Å². The number of terminal acetylenes is 1. The second-order valence-corrected chi connectivity index (χ2v) is 5.72. The minimum Gasteiger partial charge on any atom is -0.494 e. The molecule has 1 aromatic heterocycles. The van der Waals surface area contributed by atoms with Crippen molar-refractivity contribution in [2.24, 2.45) is 5.92 Å². The van der Waals surface area contributed by atoms with Crippen molar-refractivity contribution >= 4 is 5.69 Å². The lowest BCUT2D eigenvalue weighted by molar-refractivity contribution is 0.386. The molecule has 1 aliphatic carbocycles. The summed E-state index contributed by atoms with van der Waals surface area (Å²) in [5.74, 6) is 3.00. The minimum atomic E-state index is -0.000679. The summed E-state index contributed by atoms with van der Waals surface area (Å²) in [6, 6.07) is 10.9. The van der Waals surface area contributed by atoms with Crippen molar-refractivity contribution < 1.29 is 10.2 Å². The van der Waals surface area contributed by atoms with Gasteiger partial charge < -0.3 is 15.5 Å². The Hall–Kier alpha value is -2.54. The first-order chi connectivity index (χ1) is 10.7. The number of para-hydroxylation sites is 1. The van der Waals surface area contributed by atoms with E-state index in [1.54, 1.807) is 6.07 Å². The number of nitrogens with zero attached hydrogens (tertiary/aromatic N) is 1. The second kappa shape index (κ2) is 6.07. The first-order valence-electron chi connectivity index (χ1n) is 7.62. The van der Waals surface area contributed by atoms with Crippen LogP contribution >= 0.6 is 0 Å². The lowest BCUT2D eigenvalue weighted by Crippen LogP contribution is -2.31. The van der Waals surface area contributed by atoms with Crippen LogP contribution in [0, 0.1) is 18.3 Å². The molecule has 1 heterocycles. The highest BCUT2D eigenvalue weighted by Crippen LogP contribution is 2.37. The van der Waals surface area contributed by atoms with Crippen LogP contribution in [0.4, 0.5) is 5.69 Å². The van der Waals surface area contributed by atoms with E-state index in [9.17, 15) is 10.2 Å². The van der Waals surface area contributed by atoms with Gasteiger partial charge in [0, 0.05) is 18.0 Å². The Bertz CT molecular complexity index is 685. The fraction of sp³-hybridized carbons (Fsp3) is 0.333. The van der Waals surface area contributed by atoms with Crippen LogP contribution in [0.3, 0.4) is 0 Å². The van der Waals surface area contributed by atoms with Crippen LogP contribution in [0.2, 0.25) is 0 Å². The van der Waals surface area contributed by atoms with Gasteiger partial charge in [-0.25, -0.2) is 4.57 Å². The molecule has 2 atom stereocenters. The number of nitrogens with one attached hydrogen (secondary N) is 1. The van der Waals surface area contributed by atoms with Crippen molar-refractivity contribution in [3.63, 3.8) is 0 Å². The number of aromatic nitrogens is 1. The van der Waals surface area contributed by atoms with Crippen molar-refractivity contribution in [3.8, 4) is 29.8 Å². The summed E-state index contributed by atoms with van der Waals surface area (Å²) in [4.78, 5) is 0. The van der Waals surface area contributed by atoms with Crippen LogP contribution in [0.1, 0.15) is 25.7 Å². The molecule has 0 amide bonds. The molecule has 4 nitrogen and oxygen atoms in total. The van der Waals surface area contributed by atoms with E-state index in [4.69, 9.17) is 6.42 Å². The van der Waals surface area contributed by atoms with Crippen LogP contribution in [-0.4, -0.2) is 20.8 Å². The minimum absolute atomic E-state index is 0.000679. The topological polar surface area (TPSA) is 57.4 Å². The monoisotopic (exact) mass is 296 g/mol. The van der Waals surface area contributed by atoms with Crippen molar-refractivity contribution in [1.82, 2.24) is 4.57 Å². The summed E-state index contributed by atoms with van der Waals surface area (Å²) in [7, 11) is 0. The third-order valence-electron chi connectivity index (χ3n) is 4.29. The maximum Gasteiger partial charge on any atom is 0.222 e. The SMILES string of the molecule is C#CC1CCCCC1Nc1cc(O)n(-c2ccccc2)c1O. The summed E-state index contributed by atoms with van der Waals surface area (Å²) in [5, 5.41) is 23.9. The average molecular weight is 296 g/mol. The molecule has 1 aliphatic rings. The third-order valence-corrected chi connectivity index (χ3v) is 4.29. The van der Waals surface area contributed by atoms with Crippen molar-refractivity contribution in [2.45, 2.75) is 31.7 Å². The number of benzene rings is 1. The Labute approximate surface area is 130 Å². The van der Waals surface area contributed by atoms with E-state index in [2.05, 4.69) is 11.2 Å². The molecule has 2 unspecified atom stereocenters. The fourth-order valence-electron chi connectivity index (χ4n) is 3.13. The molecule has 0 saturated heterocycles. The van der Waals surface area contributed by atoms with E-state index in [-0.39, 0.29) is 23.7 Å². The third kappa shape index (κ3) is 2.62. The lowest BCUT2D eigenvalue weighted by Gasteiger charge is -2.29. The number of rotatable bonds is 3. The molecule has 1 fully saturated rings. The van der Waals surface area contributed by atoms with Gasteiger partial charge in [-0.05, 0) is 25.0 Å². The Kier molecular flexibility index (Phi) is 3.97. The number of hydrogen-bond acceptors (Lipinski definition) is 3. The Balaban J connectivity index is 1.88. The highest BCUT2D eigenvalue weighted by molar-refractivity contribution is 5.62. The van der Waals surface area contributed by atoms with Gasteiger partial charge in [0.15, 0.2) is 0 Å². The molecule has 0 bridgehead atoms. The lowest BCUT2D eigenvalue weighted by atomic mass is 9.85. The highest BCUT2D eigenvalue weighted by atomic mass is 16.3. The van der Waals surface area contributed by atoms with E-state index in [1.165, 1.54) is 4.57 Å². The fourth-order valence-corrected chi connectivity index (χ4v) is 3.13. The van der Waals surface area contributed by atoms with E-state index >= 15 is 0 Å². The van der Waals surface area contributed by atoms with Crippen LogP contribution in [0.25, 0.3) is 5.69 Å². The summed E-state index contributed by atoms with van der Waals surface area (Å²) < 4.78 is 1.41. The van der Waals surface area contributed by atoms with Gasteiger partial charge in [0.05, 0.1) is 5.69 Å². The van der Waals surface area contributed by atoms with Crippen LogP contribution in [-0.2, 0) is 0 Å². The summed E-state index contributed by atoms with van der Waals surface area (Å²) in [6.45, 7) is 0. The number of aromatic hydroxyl groups is 2. The van der Waals surface area contributed by atoms with Gasteiger partial charge in [0.2, 0.25) is 11.8 Å². The van der Waals surface area contributed by atoms with E-state index in [0.29, 0.717) is 11.4 Å². The van der Waals surface area contributed by atoms with Gasteiger partial charge in [-0.3, -0.25) is 0 Å². The molecule has 0 aliphatic heterocycles. The molecule has 114 valence electrons. The maximum atomic E-state index is 10.4. The first kappa shape index (κ1) is 14.4. The molecule has 22 heavy (non-hydrogen) atoms. The van der Waals surface area contributed by atoms with Crippen molar-refractivity contribution in [3.05, 3.63) is 36.4 Å². The highest BCUT2D eigenvalue weighted by Gasteiger charge is 2.25. The van der Waals surface area contributed by atoms with Gasteiger partial charge in [-0.1, -0.05) is 31.0 Å². The molecule has 3 N–H and O–H groups in total. The zero-order valence-corrected chi connectivity index (χ0v) is 12.4. The Morgan fingerprint density at radius 2 is 1.86 bits per heavy atom. The van der Waals surface area contributed by atoms with E-state index in [0.717, 1.165) is 25.7 Å². The predicted octanol–water partition coefficient (Wildman–Crippen LogP) is 3.49. The molecule has 1 aromatic carbocycles. The second-order valence-electron chi connectivity index (χ2n) is 5.72. The van der Waals surface area contributed by atoms with Crippen LogP contribution in [0.15, 0.2) is 36.4 Å². The molecule has 1 saturated carbocycles. The van der Waals surface area contributed by atoms with Crippen LogP contribution < -0.4 is 5.32 Å². The summed E-state index contributed by atoms with van der Waals surface area (Å²) in [6.07, 6.45) is 9.86. The first-order valence-corrected chi connectivity index (χ1v) is 7.62. The Morgan fingerprint density at radius 3 is 2.59 bits per heavy atom. The number of hydrogen-bond donors (Lipinski definition) is 3. The Morgan fingerprint density at radius 1 is 1.14 bits per heavy atom. The van der Waals surface area contributed by atoms with Gasteiger partial charge in [-0.2, -0.15) is 0 Å². The largest absolute Gasteiger partial charge is 0.494 e. The zero-order valence-electron chi connectivity index (χ0n) is 12.4. The molecule has 4 heteroatoms. The van der Waals surface area contributed by atoms with Gasteiger partial charge >= 0.3 is 0 Å². The smallest absolute Gasteiger partial charge is 0.222 e. The van der Waals surface area contributed by atoms with Crippen LogP contribution in [0.5, 0.6) is 11.8 Å². The van der Waals surface area contributed by atoms with Crippen molar-refractivity contribution in [2.75, 3.05) is 5.32 Å². The molecular weight excluding hydrogens is 276 g/mol. The average Bonchev–Trinajstić information content (AvgIpc) is 2.83. The molecule has 0 radical (unpaired) electrons. The molecule has 3 rings (SSSR count). The van der Waals surface area contributed by atoms with Gasteiger partial charge in [0.1, 0.15) is 5.69 Å². The predicted molar refractivity (Wildman–Crippen MR) is 87.3 cm³/mol. The molecule has 2 aromatic rings.